The predicted molar refractivity (Wildman–Crippen MR) is 134 cm³/mol. The fourth-order valence-corrected chi connectivity index (χ4v) is 5.53. The predicted octanol–water partition coefficient (Wildman–Crippen LogP) is 5.12. The zero-order valence-corrected chi connectivity index (χ0v) is 19.5. The van der Waals surface area contributed by atoms with Gasteiger partial charge in [-0.15, -0.1) is 0 Å². The molecule has 1 N–H and O–H groups in total. The maximum absolute atomic E-state index is 9.59. The molecule has 0 amide bonds. The minimum absolute atomic E-state index is 0.568. The van der Waals surface area contributed by atoms with Crippen LogP contribution in [0.4, 0.5) is 5.82 Å². The van der Waals surface area contributed by atoms with Crippen LogP contribution in [0.1, 0.15) is 47.3 Å². The van der Waals surface area contributed by atoms with Gasteiger partial charge in [0.25, 0.3) is 0 Å². The standard InChI is InChI=1S/C28H28N6/c1-19-14-23-21(16-29)10-7-12-26(23)34(19)28-31-25-15-22-11-5-6-13-33(22)18-24(25)27(32-28)30-17-20-8-3-2-4-9-20/h2-4,7-10,12,14,22H,5-6,11,13,15,17-18H2,1H3,(H,30,31,32). The summed E-state index contributed by atoms with van der Waals surface area (Å²) in [5.41, 5.74) is 6.29. The van der Waals surface area contributed by atoms with Crippen molar-refractivity contribution in [2.75, 3.05) is 11.9 Å². The molecule has 2 aliphatic rings. The van der Waals surface area contributed by atoms with E-state index < -0.39 is 0 Å². The zero-order valence-electron chi connectivity index (χ0n) is 19.5. The minimum Gasteiger partial charge on any atom is -0.366 e. The largest absolute Gasteiger partial charge is 0.366 e. The van der Waals surface area contributed by atoms with Gasteiger partial charge in [0.2, 0.25) is 5.95 Å². The second kappa shape index (κ2) is 8.58. The number of anilines is 1. The molecule has 0 spiro atoms. The number of piperidine rings is 1. The third-order valence-electron chi connectivity index (χ3n) is 7.27. The third kappa shape index (κ3) is 3.63. The lowest BCUT2D eigenvalue weighted by Gasteiger charge is -2.40. The van der Waals surface area contributed by atoms with Gasteiger partial charge in [-0.25, -0.2) is 4.98 Å². The molecule has 1 unspecified atom stereocenters. The number of nitrogens with one attached hydrogen (secondary N) is 1. The van der Waals surface area contributed by atoms with Crippen LogP contribution in [-0.4, -0.2) is 32.0 Å². The number of hydrogen-bond donors (Lipinski definition) is 1. The topological polar surface area (TPSA) is 69.8 Å². The number of aromatic nitrogens is 3. The monoisotopic (exact) mass is 448 g/mol. The highest BCUT2D eigenvalue weighted by Gasteiger charge is 2.32. The van der Waals surface area contributed by atoms with Gasteiger partial charge >= 0.3 is 0 Å². The van der Waals surface area contributed by atoms with Crippen molar-refractivity contribution in [1.82, 2.24) is 19.4 Å². The lowest BCUT2D eigenvalue weighted by Crippen LogP contribution is -2.44. The van der Waals surface area contributed by atoms with E-state index in [0.717, 1.165) is 54.2 Å². The molecule has 4 heterocycles. The van der Waals surface area contributed by atoms with Crippen molar-refractivity contribution >= 4 is 16.7 Å². The molecule has 0 bridgehead atoms. The molecule has 2 aromatic carbocycles. The first-order valence-electron chi connectivity index (χ1n) is 12.1. The van der Waals surface area contributed by atoms with Crippen LogP contribution in [0, 0.1) is 18.3 Å². The summed E-state index contributed by atoms with van der Waals surface area (Å²) in [5, 5.41) is 14.2. The first kappa shape index (κ1) is 20.9. The van der Waals surface area contributed by atoms with Crippen molar-refractivity contribution in [3.63, 3.8) is 0 Å². The summed E-state index contributed by atoms with van der Waals surface area (Å²) in [6.07, 6.45) is 4.77. The van der Waals surface area contributed by atoms with E-state index in [2.05, 4.69) is 58.1 Å². The van der Waals surface area contributed by atoms with Crippen molar-refractivity contribution in [3.8, 4) is 12.0 Å². The maximum atomic E-state index is 9.59. The highest BCUT2D eigenvalue weighted by atomic mass is 15.2. The van der Waals surface area contributed by atoms with Gasteiger partial charge in [0.05, 0.1) is 22.8 Å². The van der Waals surface area contributed by atoms with E-state index in [0.29, 0.717) is 17.6 Å². The van der Waals surface area contributed by atoms with Crippen LogP contribution in [0.5, 0.6) is 0 Å². The Balaban J connectivity index is 1.47. The molecule has 0 aliphatic carbocycles. The maximum Gasteiger partial charge on any atom is 0.236 e. The Morgan fingerprint density at radius 2 is 1.97 bits per heavy atom. The molecule has 0 radical (unpaired) electrons. The summed E-state index contributed by atoms with van der Waals surface area (Å²) in [6, 6.07) is 21.2. The number of nitrogens with zero attached hydrogens (tertiary/aromatic N) is 5. The lowest BCUT2D eigenvalue weighted by molar-refractivity contribution is 0.126. The smallest absolute Gasteiger partial charge is 0.236 e. The fraction of sp³-hybridized carbons (Fsp3) is 0.321. The fourth-order valence-electron chi connectivity index (χ4n) is 5.53. The molecule has 6 nitrogen and oxygen atoms in total. The second-order valence-electron chi connectivity index (χ2n) is 9.43. The van der Waals surface area contributed by atoms with Gasteiger partial charge < -0.3 is 5.32 Å². The third-order valence-corrected chi connectivity index (χ3v) is 7.27. The molecule has 6 rings (SSSR count). The van der Waals surface area contributed by atoms with Crippen molar-refractivity contribution < 1.29 is 0 Å². The molecule has 34 heavy (non-hydrogen) atoms. The molecule has 2 aliphatic heterocycles. The van der Waals surface area contributed by atoms with Crippen LogP contribution in [0.15, 0.2) is 54.6 Å². The second-order valence-corrected chi connectivity index (χ2v) is 9.43. The number of fused-ring (bicyclic) bond motifs is 3. The molecule has 1 saturated heterocycles. The summed E-state index contributed by atoms with van der Waals surface area (Å²) < 4.78 is 2.09. The first-order valence-corrected chi connectivity index (χ1v) is 12.1. The molecular formula is C28H28N6. The van der Waals surface area contributed by atoms with Gasteiger partial charge in [-0.3, -0.25) is 9.47 Å². The summed E-state index contributed by atoms with van der Waals surface area (Å²) >= 11 is 0. The van der Waals surface area contributed by atoms with Crippen LogP contribution in [0.2, 0.25) is 0 Å². The van der Waals surface area contributed by atoms with Gasteiger partial charge in [0.1, 0.15) is 5.82 Å². The Morgan fingerprint density at radius 3 is 2.82 bits per heavy atom. The summed E-state index contributed by atoms with van der Waals surface area (Å²) in [5.74, 6) is 1.60. The van der Waals surface area contributed by atoms with E-state index in [-0.39, 0.29) is 0 Å². The highest BCUT2D eigenvalue weighted by molar-refractivity contribution is 5.88. The number of rotatable bonds is 4. The number of hydrogen-bond acceptors (Lipinski definition) is 5. The molecular weight excluding hydrogens is 420 g/mol. The van der Waals surface area contributed by atoms with E-state index in [1.165, 1.54) is 30.4 Å². The Labute approximate surface area is 199 Å². The zero-order chi connectivity index (χ0) is 23.1. The first-order chi connectivity index (χ1) is 16.7. The molecule has 0 saturated carbocycles. The average molecular weight is 449 g/mol. The van der Waals surface area contributed by atoms with E-state index >= 15 is 0 Å². The van der Waals surface area contributed by atoms with Crippen molar-refractivity contribution in [3.05, 3.63) is 82.7 Å². The van der Waals surface area contributed by atoms with E-state index in [4.69, 9.17) is 9.97 Å². The normalized spacial score (nSPS) is 17.7. The highest BCUT2D eigenvalue weighted by Crippen LogP contribution is 2.33. The molecule has 2 aromatic heterocycles. The van der Waals surface area contributed by atoms with Crippen LogP contribution in [-0.2, 0) is 19.5 Å². The van der Waals surface area contributed by atoms with Crippen LogP contribution in [0.3, 0.4) is 0 Å². The van der Waals surface area contributed by atoms with Crippen molar-refractivity contribution in [1.29, 1.82) is 5.26 Å². The molecule has 170 valence electrons. The van der Waals surface area contributed by atoms with Gasteiger partial charge in [0.15, 0.2) is 0 Å². The Hall–Kier alpha value is -3.69. The molecule has 4 aromatic rings. The Morgan fingerprint density at radius 1 is 1.09 bits per heavy atom. The number of nitriles is 1. The van der Waals surface area contributed by atoms with Gasteiger partial charge in [-0.2, -0.15) is 10.2 Å². The van der Waals surface area contributed by atoms with Crippen molar-refractivity contribution in [2.24, 2.45) is 0 Å². The minimum atomic E-state index is 0.568. The Kier molecular flexibility index (Phi) is 5.27. The number of aryl methyl sites for hydroxylation is 1. The van der Waals surface area contributed by atoms with Crippen LogP contribution >= 0.6 is 0 Å². The lowest BCUT2D eigenvalue weighted by atomic mass is 9.91. The average Bonchev–Trinajstić information content (AvgIpc) is 3.22. The molecule has 6 heteroatoms. The van der Waals surface area contributed by atoms with Gasteiger partial charge in [0, 0.05) is 42.2 Å². The van der Waals surface area contributed by atoms with Gasteiger partial charge in [-0.05, 0) is 50.1 Å². The van der Waals surface area contributed by atoms with E-state index in [1.807, 2.05) is 24.3 Å². The number of benzene rings is 2. The quantitative estimate of drug-likeness (QED) is 0.469. The Bertz CT molecular complexity index is 1400. The van der Waals surface area contributed by atoms with Gasteiger partial charge in [-0.1, -0.05) is 42.8 Å². The van der Waals surface area contributed by atoms with E-state index in [9.17, 15) is 5.26 Å². The van der Waals surface area contributed by atoms with Crippen LogP contribution < -0.4 is 5.32 Å². The molecule has 1 atom stereocenters. The summed E-state index contributed by atoms with van der Waals surface area (Å²) in [6.45, 7) is 4.84. The summed E-state index contributed by atoms with van der Waals surface area (Å²) in [4.78, 5) is 12.8. The summed E-state index contributed by atoms with van der Waals surface area (Å²) in [7, 11) is 0. The van der Waals surface area contributed by atoms with Crippen molar-refractivity contribution in [2.45, 2.75) is 51.7 Å². The SMILES string of the molecule is Cc1cc2c(C#N)cccc2n1-c1nc2c(c(NCc3ccccc3)n1)CN1CCCCC1C2. The molecule has 1 fully saturated rings. The van der Waals surface area contributed by atoms with E-state index in [1.54, 1.807) is 0 Å². The van der Waals surface area contributed by atoms with Crippen LogP contribution in [0.25, 0.3) is 16.9 Å².